The van der Waals surface area contributed by atoms with E-state index in [2.05, 4.69) is 26.7 Å². The van der Waals surface area contributed by atoms with Crippen molar-refractivity contribution in [3.63, 3.8) is 0 Å². The van der Waals surface area contributed by atoms with Crippen molar-refractivity contribution in [2.24, 2.45) is 5.92 Å². The number of halogens is 3. The second kappa shape index (κ2) is 9.01. The van der Waals surface area contributed by atoms with Crippen LogP contribution in [-0.2, 0) is 16.2 Å². The summed E-state index contributed by atoms with van der Waals surface area (Å²) in [6, 6.07) is 14.1. The van der Waals surface area contributed by atoms with Crippen LogP contribution in [0.2, 0.25) is 0 Å². The van der Waals surface area contributed by atoms with Crippen LogP contribution in [0, 0.1) is 5.92 Å². The van der Waals surface area contributed by atoms with Crippen LogP contribution in [-0.4, -0.2) is 31.7 Å². The zero-order valence-corrected chi connectivity index (χ0v) is 18.7. The average molecular weight is 477 g/mol. The monoisotopic (exact) mass is 476 g/mol. The average Bonchev–Trinajstić information content (AvgIpc) is 2.79. The van der Waals surface area contributed by atoms with E-state index in [9.17, 15) is 21.6 Å². The Hall–Kier alpha value is -3.14. The topological polar surface area (TPSA) is 75.2 Å². The fourth-order valence-corrected chi connectivity index (χ4v) is 5.03. The van der Waals surface area contributed by atoms with E-state index in [0.717, 1.165) is 49.9 Å². The predicted molar refractivity (Wildman–Crippen MR) is 120 cm³/mol. The Labute approximate surface area is 190 Å². The third-order valence-electron chi connectivity index (χ3n) is 5.67. The highest BCUT2D eigenvalue weighted by Gasteiger charge is 2.36. The molecule has 1 aliphatic heterocycles. The molecule has 6 nitrogen and oxygen atoms in total. The molecule has 2 heterocycles. The second-order valence-corrected chi connectivity index (χ2v) is 9.77. The van der Waals surface area contributed by atoms with E-state index >= 15 is 0 Å². The van der Waals surface area contributed by atoms with E-state index in [4.69, 9.17) is 0 Å². The van der Waals surface area contributed by atoms with E-state index in [1.54, 1.807) is 12.1 Å². The number of nitrogens with one attached hydrogen (secondary N) is 1. The molecule has 0 aliphatic carbocycles. The smallest absolute Gasteiger partial charge is 0.355 e. The molecule has 0 unspecified atom stereocenters. The molecular formula is C23H23F3N4O2S. The summed E-state index contributed by atoms with van der Waals surface area (Å²) < 4.78 is 67.0. The number of aromatic nitrogens is 2. The number of benzene rings is 2. The Morgan fingerprint density at radius 2 is 1.61 bits per heavy atom. The lowest BCUT2D eigenvalue weighted by Gasteiger charge is -2.30. The third-order valence-corrected chi connectivity index (χ3v) is 7.11. The Kier molecular flexibility index (Phi) is 6.29. The van der Waals surface area contributed by atoms with Gasteiger partial charge in [-0.15, -0.1) is 10.2 Å². The number of sulfonamides is 1. The number of piperidine rings is 1. The predicted octanol–water partition coefficient (Wildman–Crippen LogP) is 5.20. The quantitative estimate of drug-likeness (QED) is 0.548. The van der Waals surface area contributed by atoms with E-state index < -0.39 is 26.7 Å². The fourth-order valence-electron chi connectivity index (χ4n) is 3.74. The summed E-state index contributed by atoms with van der Waals surface area (Å²) in [6.07, 6.45) is -2.55. The van der Waals surface area contributed by atoms with Crippen LogP contribution in [0.25, 0.3) is 11.3 Å². The van der Waals surface area contributed by atoms with Crippen LogP contribution in [0.4, 0.5) is 24.7 Å². The molecule has 1 N–H and O–H groups in total. The van der Waals surface area contributed by atoms with Gasteiger partial charge in [0.05, 0.1) is 16.2 Å². The van der Waals surface area contributed by atoms with Crippen molar-refractivity contribution in [3.8, 4) is 11.3 Å². The summed E-state index contributed by atoms with van der Waals surface area (Å²) in [5.74, 6) is 1.53. The maximum Gasteiger partial charge on any atom is 0.417 e. The van der Waals surface area contributed by atoms with Gasteiger partial charge >= 0.3 is 6.18 Å². The lowest BCUT2D eigenvalue weighted by atomic mass is 9.99. The molecule has 0 bridgehead atoms. The summed E-state index contributed by atoms with van der Waals surface area (Å²) in [4.78, 5) is 1.38. The molecule has 10 heteroatoms. The molecule has 0 atom stereocenters. The Morgan fingerprint density at radius 1 is 0.939 bits per heavy atom. The number of anilines is 2. The van der Waals surface area contributed by atoms with Gasteiger partial charge in [0.1, 0.15) is 0 Å². The molecule has 4 rings (SSSR count). The minimum atomic E-state index is -4.79. The molecule has 0 radical (unpaired) electrons. The molecular weight excluding hydrogens is 453 g/mol. The fraction of sp³-hybridized carbons (Fsp3) is 0.304. The summed E-state index contributed by atoms with van der Waals surface area (Å²) in [7, 11) is -4.43. The summed E-state index contributed by atoms with van der Waals surface area (Å²) in [5, 5.41) is 8.59. The molecule has 174 valence electrons. The summed E-state index contributed by atoms with van der Waals surface area (Å²) in [6.45, 7) is 4.13. The van der Waals surface area contributed by atoms with E-state index in [1.165, 1.54) is 18.2 Å². The Bertz CT molecular complexity index is 1210. The zero-order valence-electron chi connectivity index (χ0n) is 17.9. The van der Waals surface area contributed by atoms with Gasteiger partial charge in [-0.2, -0.15) is 13.2 Å². The zero-order chi connectivity index (χ0) is 23.6. The van der Waals surface area contributed by atoms with Crippen molar-refractivity contribution in [2.75, 3.05) is 22.7 Å². The van der Waals surface area contributed by atoms with Gasteiger partial charge in [-0.3, -0.25) is 4.72 Å². The van der Waals surface area contributed by atoms with Crippen LogP contribution in [0.5, 0.6) is 0 Å². The molecule has 1 fully saturated rings. The Morgan fingerprint density at radius 3 is 2.21 bits per heavy atom. The lowest BCUT2D eigenvalue weighted by molar-refractivity contribution is -0.139. The standard InChI is InChI=1S/C23H23F3N4O2S/c1-16-12-14-30(15-13-16)22-11-10-20(27-28-22)17-6-8-18(9-7-17)29-33(31,32)21-5-3-2-4-19(21)23(24,25)26/h2-11,16,29H,12-15H2,1H3. The van der Waals surface area contributed by atoms with Crippen LogP contribution >= 0.6 is 0 Å². The van der Waals surface area contributed by atoms with Crippen molar-refractivity contribution in [1.82, 2.24) is 10.2 Å². The highest BCUT2D eigenvalue weighted by atomic mass is 32.2. The minimum absolute atomic E-state index is 0.141. The van der Waals surface area contributed by atoms with Crippen LogP contribution in [0.15, 0.2) is 65.6 Å². The highest BCUT2D eigenvalue weighted by molar-refractivity contribution is 7.92. The maximum atomic E-state index is 13.2. The first-order chi connectivity index (χ1) is 15.6. The second-order valence-electron chi connectivity index (χ2n) is 8.12. The SMILES string of the molecule is CC1CCN(c2ccc(-c3ccc(NS(=O)(=O)c4ccccc4C(F)(F)F)cc3)nn2)CC1. The highest BCUT2D eigenvalue weighted by Crippen LogP contribution is 2.34. The molecule has 33 heavy (non-hydrogen) atoms. The summed E-state index contributed by atoms with van der Waals surface area (Å²) in [5.41, 5.74) is 0.247. The molecule has 0 saturated carbocycles. The molecule has 1 saturated heterocycles. The molecule has 1 aromatic heterocycles. The van der Waals surface area contributed by atoms with Crippen molar-refractivity contribution >= 4 is 21.5 Å². The molecule has 2 aromatic carbocycles. The van der Waals surface area contributed by atoms with Gasteiger partial charge in [-0.25, -0.2) is 8.42 Å². The van der Waals surface area contributed by atoms with Crippen LogP contribution in [0.1, 0.15) is 25.3 Å². The number of hydrogen-bond acceptors (Lipinski definition) is 5. The summed E-state index contributed by atoms with van der Waals surface area (Å²) >= 11 is 0. The van der Waals surface area contributed by atoms with Gasteiger partial charge in [-0.05, 0) is 55.2 Å². The van der Waals surface area contributed by atoms with Crippen LogP contribution in [0.3, 0.4) is 0 Å². The number of alkyl halides is 3. The normalized spacial score (nSPS) is 15.5. The van der Waals surface area contributed by atoms with Gasteiger partial charge in [0.25, 0.3) is 10.0 Å². The molecule has 0 spiro atoms. The van der Waals surface area contributed by atoms with E-state index in [1.807, 2.05) is 12.1 Å². The van der Waals surface area contributed by atoms with Gasteiger partial charge in [-0.1, -0.05) is 31.2 Å². The molecule has 1 aliphatic rings. The molecule has 0 amide bonds. The number of rotatable bonds is 5. The minimum Gasteiger partial charge on any atom is -0.355 e. The largest absolute Gasteiger partial charge is 0.417 e. The number of hydrogen-bond donors (Lipinski definition) is 1. The van der Waals surface area contributed by atoms with Gasteiger partial charge in [0.2, 0.25) is 0 Å². The number of nitrogens with zero attached hydrogens (tertiary/aromatic N) is 3. The van der Waals surface area contributed by atoms with Crippen molar-refractivity contribution < 1.29 is 21.6 Å². The third kappa shape index (κ3) is 5.27. The lowest BCUT2D eigenvalue weighted by Crippen LogP contribution is -2.33. The van der Waals surface area contributed by atoms with Crippen molar-refractivity contribution in [3.05, 3.63) is 66.2 Å². The first kappa shape index (κ1) is 23.0. The molecule has 3 aromatic rings. The maximum absolute atomic E-state index is 13.2. The van der Waals surface area contributed by atoms with E-state index in [-0.39, 0.29) is 5.69 Å². The van der Waals surface area contributed by atoms with Gasteiger partial charge in [0, 0.05) is 24.3 Å². The van der Waals surface area contributed by atoms with Gasteiger partial charge in [0.15, 0.2) is 5.82 Å². The Balaban J connectivity index is 1.49. The van der Waals surface area contributed by atoms with Crippen molar-refractivity contribution in [2.45, 2.75) is 30.8 Å². The van der Waals surface area contributed by atoms with Gasteiger partial charge < -0.3 is 4.90 Å². The van der Waals surface area contributed by atoms with Crippen LogP contribution < -0.4 is 9.62 Å². The van der Waals surface area contributed by atoms with Crippen molar-refractivity contribution in [1.29, 1.82) is 0 Å². The first-order valence-corrected chi connectivity index (χ1v) is 12.0. The first-order valence-electron chi connectivity index (χ1n) is 10.5. The van der Waals surface area contributed by atoms with E-state index in [0.29, 0.717) is 17.2 Å².